The number of methoxy groups -OCH3 is 3. The maximum atomic E-state index is 11.7. The van der Waals surface area contributed by atoms with E-state index < -0.39 is 0 Å². The van der Waals surface area contributed by atoms with Gasteiger partial charge in [0.15, 0.2) is 11.5 Å². The van der Waals surface area contributed by atoms with Crippen molar-refractivity contribution in [1.29, 1.82) is 0 Å². The molecule has 1 aromatic carbocycles. The topological polar surface area (TPSA) is 48.0 Å². The zero-order chi connectivity index (χ0) is 15.1. The molecule has 0 aliphatic carbocycles. The smallest absolute Gasteiger partial charge is 0.246 e. The molecule has 1 rings (SSSR count). The summed E-state index contributed by atoms with van der Waals surface area (Å²) >= 11 is 0. The van der Waals surface area contributed by atoms with Crippen molar-refractivity contribution in [3.05, 3.63) is 23.8 Å². The lowest BCUT2D eigenvalue weighted by atomic mass is 10.1. The number of amides is 1. The first kappa shape index (κ1) is 15.9. The molecule has 0 radical (unpaired) electrons. The first-order valence-corrected chi connectivity index (χ1v) is 6.30. The second-order valence-corrected chi connectivity index (χ2v) is 4.14. The summed E-state index contributed by atoms with van der Waals surface area (Å²) in [5.74, 6) is 1.59. The Morgan fingerprint density at radius 3 is 2.10 bits per heavy atom. The van der Waals surface area contributed by atoms with Gasteiger partial charge in [-0.1, -0.05) is 0 Å². The molecule has 0 aliphatic rings. The number of ether oxygens (including phenoxy) is 3. The zero-order valence-corrected chi connectivity index (χ0v) is 12.6. The minimum absolute atomic E-state index is 0.0544. The third-order valence-electron chi connectivity index (χ3n) is 2.96. The van der Waals surface area contributed by atoms with E-state index in [0.29, 0.717) is 23.8 Å². The minimum atomic E-state index is -0.0544. The van der Waals surface area contributed by atoms with E-state index in [1.807, 2.05) is 6.92 Å². The lowest BCUT2D eigenvalue weighted by Gasteiger charge is -2.13. The highest BCUT2D eigenvalue weighted by Crippen LogP contribution is 2.38. The first-order chi connectivity index (χ1) is 9.57. The SMILES string of the molecule is CCN(C)C(=O)/C=C/c1cc(OC)c(OC)c(OC)c1. The van der Waals surface area contributed by atoms with Crippen LogP contribution in [0.3, 0.4) is 0 Å². The van der Waals surface area contributed by atoms with Gasteiger partial charge in [-0.2, -0.15) is 0 Å². The van der Waals surface area contributed by atoms with Crippen LogP contribution in [0.1, 0.15) is 12.5 Å². The van der Waals surface area contributed by atoms with Crippen LogP contribution in [0.15, 0.2) is 18.2 Å². The molecule has 20 heavy (non-hydrogen) atoms. The van der Waals surface area contributed by atoms with Gasteiger partial charge < -0.3 is 19.1 Å². The first-order valence-electron chi connectivity index (χ1n) is 6.30. The van der Waals surface area contributed by atoms with Crippen molar-refractivity contribution < 1.29 is 19.0 Å². The summed E-state index contributed by atoms with van der Waals surface area (Å²) in [4.78, 5) is 13.4. The van der Waals surface area contributed by atoms with Gasteiger partial charge >= 0.3 is 0 Å². The van der Waals surface area contributed by atoms with Crippen LogP contribution in [0.25, 0.3) is 6.08 Å². The standard InChI is InChI=1S/C15H21NO4/c1-6-16(2)14(17)8-7-11-9-12(18-3)15(20-5)13(10-11)19-4/h7-10H,6H2,1-5H3/b8-7+. The average molecular weight is 279 g/mol. The van der Waals surface area contributed by atoms with Gasteiger partial charge in [-0.3, -0.25) is 4.79 Å². The summed E-state index contributed by atoms with van der Waals surface area (Å²) in [6.45, 7) is 2.59. The van der Waals surface area contributed by atoms with Crippen molar-refractivity contribution in [3.8, 4) is 17.2 Å². The lowest BCUT2D eigenvalue weighted by Crippen LogP contribution is -2.23. The summed E-state index contributed by atoms with van der Waals surface area (Å²) in [7, 11) is 6.42. The molecule has 110 valence electrons. The second kappa shape index (κ2) is 7.43. The van der Waals surface area contributed by atoms with Crippen molar-refractivity contribution in [3.63, 3.8) is 0 Å². The van der Waals surface area contributed by atoms with Crippen molar-refractivity contribution in [2.75, 3.05) is 34.9 Å². The fraction of sp³-hybridized carbons (Fsp3) is 0.400. The van der Waals surface area contributed by atoms with Crippen LogP contribution in [-0.2, 0) is 4.79 Å². The maximum absolute atomic E-state index is 11.7. The van der Waals surface area contributed by atoms with Gasteiger partial charge in [-0.05, 0) is 30.7 Å². The Bertz CT molecular complexity index is 472. The average Bonchev–Trinajstić information content (AvgIpc) is 2.50. The van der Waals surface area contributed by atoms with Gasteiger partial charge in [0.05, 0.1) is 21.3 Å². The minimum Gasteiger partial charge on any atom is -0.493 e. The monoisotopic (exact) mass is 279 g/mol. The molecule has 0 aliphatic heterocycles. The van der Waals surface area contributed by atoms with Crippen LogP contribution in [0, 0.1) is 0 Å². The molecule has 1 aromatic rings. The van der Waals surface area contributed by atoms with Crippen molar-refractivity contribution >= 4 is 12.0 Å². The van der Waals surface area contributed by atoms with Crippen molar-refractivity contribution in [2.24, 2.45) is 0 Å². The molecule has 0 heterocycles. The molecular weight excluding hydrogens is 258 g/mol. The van der Waals surface area contributed by atoms with Gasteiger partial charge in [0.1, 0.15) is 0 Å². The molecule has 0 N–H and O–H groups in total. The van der Waals surface area contributed by atoms with E-state index in [0.717, 1.165) is 5.56 Å². The summed E-state index contributed by atoms with van der Waals surface area (Å²) in [6.07, 6.45) is 3.24. The third kappa shape index (κ3) is 3.66. The number of carbonyl (C=O) groups excluding carboxylic acids is 1. The van der Waals surface area contributed by atoms with E-state index in [1.54, 1.807) is 51.5 Å². The third-order valence-corrected chi connectivity index (χ3v) is 2.96. The number of hydrogen-bond donors (Lipinski definition) is 0. The van der Waals surface area contributed by atoms with Crippen LogP contribution >= 0.6 is 0 Å². The molecule has 5 nitrogen and oxygen atoms in total. The molecule has 0 aromatic heterocycles. The highest BCUT2D eigenvalue weighted by atomic mass is 16.5. The van der Waals surface area contributed by atoms with E-state index in [9.17, 15) is 4.79 Å². The molecule has 0 saturated heterocycles. The summed E-state index contributed by atoms with van der Waals surface area (Å²) in [5, 5.41) is 0. The molecule has 0 fully saturated rings. The van der Waals surface area contributed by atoms with Crippen LogP contribution < -0.4 is 14.2 Å². The maximum Gasteiger partial charge on any atom is 0.246 e. The predicted octanol–water partition coefficient (Wildman–Crippen LogP) is 2.20. The van der Waals surface area contributed by atoms with E-state index in [2.05, 4.69) is 0 Å². The van der Waals surface area contributed by atoms with E-state index in [-0.39, 0.29) is 5.91 Å². The van der Waals surface area contributed by atoms with E-state index in [1.165, 1.54) is 6.08 Å². The fourth-order valence-electron chi connectivity index (χ4n) is 1.65. The molecule has 0 saturated carbocycles. The quantitative estimate of drug-likeness (QED) is 0.749. The van der Waals surface area contributed by atoms with Gasteiger partial charge in [0.2, 0.25) is 11.7 Å². The predicted molar refractivity (Wildman–Crippen MR) is 78.4 cm³/mol. The van der Waals surface area contributed by atoms with Crippen LogP contribution in [-0.4, -0.2) is 45.7 Å². The Balaban J connectivity index is 3.08. The van der Waals surface area contributed by atoms with Crippen LogP contribution in [0.4, 0.5) is 0 Å². The number of rotatable bonds is 6. The highest BCUT2D eigenvalue weighted by Gasteiger charge is 2.12. The number of likely N-dealkylation sites (N-methyl/N-ethyl adjacent to an activating group) is 1. The molecule has 5 heteroatoms. The Kier molecular flexibility index (Phi) is 5.90. The molecule has 0 bridgehead atoms. The summed E-state index contributed by atoms with van der Waals surface area (Å²) in [5.41, 5.74) is 0.803. The van der Waals surface area contributed by atoms with E-state index >= 15 is 0 Å². The molecule has 0 atom stereocenters. The Labute approximate surface area is 119 Å². The normalized spacial score (nSPS) is 10.4. The van der Waals surface area contributed by atoms with Gasteiger partial charge in [0, 0.05) is 19.7 Å². The number of hydrogen-bond acceptors (Lipinski definition) is 4. The molecule has 0 unspecified atom stereocenters. The fourth-order valence-corrected chi connectivity index (χ4v) is 1.65. The molecule has 0 spiro atoms. The van der Waals surface area contributed by atoms with Crippen molar-refractivity contribution in [1.82, 2.24) is 4.90 Å². The van der Waals surface area contributed by atoms with E-state index in [4.69, 9.17) is 14.2 Å². The van der Waals surface area contributed by atoms with Gasteiger partial charge in [-0.25, -0.2) is 0 Å². The Morgan fingerprint density at radius 2 is 1.70 bits per heavy atom. The van der Waals surface area contributed by atoms with Crippen molar-refractivity contribution in [2.45, 2.75) is 6.92 Å². The Morgan fingerprint density at radius 1 is 1.15 bits per heavy atom. The lowest BCUT2D eigenvalue weighted by molar-refractivity contribution is -0.124. The number of nitrogens with zero attached hydrogens (tertiary/aromatic N) is 1. The second-order valence-electron chi connectivity index (χ2n) is 4.14. The summed E-state index contributed by atoms with van der Waals surface area (Å²) < 4.78 is 15.8. The number of benzene rings is 1. The highest BCUT2D eigenvalue weighted by molar-refractivity contribution is 5.91. The Hall–Kier alpha value is -2.17. The van der Waals surface area contributed by atoms with Crippen LogP contribution in [0.2, 0.25) is 0 Å². The summed E-state index contributed by atoms with van der Waals surface area (Å²) in [6, 6.07) is 3.58. The van der Waals surface area contributed by atoms with Gasteiger partial charge in [0.25, 0.3) is 0 Å². The molecule has 1 amide bonds. The molecular formula is C15H21NO4. The van der Waals surface area contributed by atoms with Gasteiger partial charge in [-0.15, -0.1) is 0 Å². The zero-order valence-electron chi connectivity index (χ0n) is 12.6. The largest absolute Gasteiger partial charge is 0.493 e. The van der Waals surface area contributed by atoms with Crippen LogP contribution in [0.5, 0.6) is 17.2 Å². The number of carbonyl (C=O) groups is 1.